The molecule has 1 heterocycles. The monoisotopic (exact) mass is 256 g/mol. The van der Waals surface area contributed by atoms with Gasteiger partial charge in [-0.25, -0.2) is 9.37 Å². The molecule has 4 heteroatoms. The molecular formula is C15H13FN2O. The molecule has 0 radical (unpaired) electrons. The summed E-state index contributed by atoms with van der Waals surface area (Å²) in [4.78, 5) is 16.3. The zero-order chi connectivity index (χ0) is 13.4. The summed E-state index contributed by atoms with van der Waals surface area (Å²) in [7, 11) is 0. The van der Waals surface area contributed by atoms with E-state index in [9.17, 15) is 9.18 Å². The molecule has 0 bridgehead atoms. The number of hydrogen-bond acceptors (Lipinski definition) is 2. The number of imidazole rings is 1. The Labute approximate surface area is 110 Å². The van der Waals surface area contributed by atoms with Crippen molar-refractivity contribution in [3.05, 3.63) is 58.9 Å². The number of rotatable bonds is 2. The van der Waals surface area contributed by atoms with Crippen molar-refractivity contribution in [1.29, 1.82) is 0 Å². The van der Waals surface area contributed by atoms with Crippen LogP contribution >= 0.6 is 0 Å². The van der Waals surface area contributed by atoms with E-state index in [0.717, 1.165) is 17.8 Å². The van der Waals surface area contributed by atoms with Crippen LogP contribution in [-0.2, 0) is 13.0 Å². The minimum Gasteiger partial charge on any atom is -0.331 e. The van der Waals surface area contributed by atoms with Crippen molar-refractivity contribution in [2.45, 2.75) is 19.9 Å². The van der Waals surface area contributed by atoms with Gasteiger partial charge >= 0.3 is 0 Å². The van der Waals surface area contributed by atoms with Crippen molar-refractivity contribution in [3.8, 4) is 0 Å². The summed E-state index contributed by atoms with van der Waals surface area (Å²) in [6.07, 6.45) is 5.72. The van der Waals surface area contributed by atoms with Crippen LogP contribution in [0.3, 0.4) is 0 Å². The predicted molar refractivity (Wildman–Crippen MR) is 70.3 cm³/mol. The van der Waals surface area contributed by atoms with E-state index in [1.165, 1.54) is 6.07 Å². The van der Waals surface area contributed by atoms with Gasteiger partial charge in [-0.05, 0) is 24.6 Å². The summed E-state index contributed by atoms with van der Waals surface area (Å²) in [5.74, 6) is -0.646. The number of carbonyl (C=O) groups is 1. The van der Waals surface area contributed by atoms with Crippen molar-refractivity contribution in [2.24, 2.45) is 0 Å². The Morgan fingerprint density at radius 3 is 3.05 bits per heavy atom. The lowest BCUT2D eigenvalue weighted by atomic mass is 10.1. The third kappa shape index (κ3) is 1.89. The summed E-state index contributed by atoms with van der Waals surface area (Å²) in [5.41, 5.74) is 2.48. The summed E-state index contributed by atoms with van der Waals surface area (Å²) in [6.45, 7) is 2.79. The average molecular weight is 256 g/mol. The number of fused-ring (bicyclic) bond motifs is 1. The Morgan fingerprint density at radius 1 is 1.47 bits per heavy atom. The van der Waals surface area contributed by atoms with Crippen LogP contribution in [0, 0.1) is 5.82 Å². The summed E-state index contributed by atoms with van der Waals surface area (Å²) >= 11 is 0. The number of allylic oxidation sites excluding steroid dienone is 1. The van der Waals surface area contributed by atoms with E-state index in [-0.39, 0.29) is 11.3 Å². The molecule has 1 aromatic heterocycles. The Kier molecular flexibility index (Phi) is 2.78. The lowest BCUT2D eigenvalue weighted by Crippen LogP contribution is -2.00. The van der Waals surface area contributed by atoms with Gasteiger partial charge in [0.25, 0.3) is 0 Å². The number of ketones is 1. The van der Waals surface area contributed by atoms with E-state index in [1.54, 1.807) is 30.7 Å². The molecule has 0 amide bonds. The zero-order valence-corrected chi connectivity index (χ0v) is 10.6. The molecule has 96 valence electrons. The normalized spacial score (nSPS) is 16.1. The van der Waals surface area contributed by atoms with E-state index in [0.29, 0.717) is 12.0 Å². The van der Waals surface area contributed by atoms with Crippen molar-refractivity contribution in [3.63, 3.8) is 0 Å². The Balaban J connectivity index is 2.03. The molecule has 0 unspecified atom stereocenters. The van der Waals surface area contributed by atoms with Crippen LogP contribution < -0.4 is 0 Å². The third-order valence-electron chi connectivity index (χ3n) is 3.41. The first-order valence-electron chi connectivity index (χ1n) is 6.23. The van der Waals surface area contributed by atoms with Gasteiger partial charge in [0.15, 0.2) is 5.78 Å². The molecule has 0 fully saturated rings. The van der Waals surface area contributed by atoms with Crippen LogP contribution in [0.15, 0.2) is 36.3 Å². The van der Waals surface area contributed by atoms with Crippen molar-refractivity contribution in [2.75, 3.05) is 0 Å². The Bertz CT molecular complexity index is 685. The average Bonchev–Trinajstić information content (AvgIpc) is 2.96. The summed E-state index contributed by atoms with van der Waals surface area (Å²) in [5, 5.41) is 0. The van der Waals surface area contributed by atoms with Gasteiger partial charge in [0.1, 0.15) is 5.82 Å². The van der Waals surface area contributed by atoms with E-state index in [4.69, 9.17) is 0 Å². The molecule has 3 nitrogen and oxygen atoms in total. The fourth-order valence-corrected chi connectivity index (χ4v) is 2.43. The first-order valence-corrected chi connectivity index (χ1v) is 6.23. The fraction of sp³-hybridized carbons (Fsp3) is 0.200. The Hall–Kier alpha value is -2.23. The molecule has 2 aromatic rings. The number of hydrogen-bond donors (Lipinski definition) is 0. The second-order valence-corrected chi connectivity index (χ2v) is 4.55. The molecule has 1 aliphatic rings. The molecule has 0 aliphatic heterocycles. The van der Waals surface area contributed by atoms with E-state index < -0.39 is 5.82 Å². The topological polar surface area (TPSA) is 34.9 Å². The summed E-state index contributed by atoms with van der Waals surface area (Å²) < 4.78 is 15.6. The molecule has 0 saturated heterocycles. The lowest BCUT2D eigenvalue weighted by molar-refractivity contribution is 0.103. The number of aryl methyl sites for hydroxylation is 1. The molecule has 19 heavy (non-hydrogen) atoms. The molecule has 0 N–H and O–H groups in total. The SMILES string of the molecule is CCn1cncc1/C=C1\Cc2cccc(F)c2C1=O. The second kappa shape index (κ2) is 4.46. The quantitative estimate of drug-likeness (QED) is 0.774. The number of aromatic nitrogens is 2. The van der Waals surface area contributed by atoms with E-state index >= 15 is 0 Å². The standard InChI is InChI=1S/C15H13FN2O/c1-2-18-9-17-8-12(18)7-11-6-10-4-3-5-13(16)14(10)15(11)19/h3-5,7-9H,2,6H2,1H3/b11-7+. The zero-order valence-electron chi connectivity index (χ0n) is 10.6. The van der Waals surface area contributed by atoms with Gasteiger partial charge in [-0.15, -0.1) is 0 Å². The fourth-order valence-electron chi connectivity index (χ4n) is 2.43. The van der Waals surface area contributed by atoms with Crippen LogP contribution in [0.5, 0.6) is 0 Å². The number of halogens is 1. The molecule has 1 aromatic carbocycles. The Morgan fingerprint density at radius 2 is 2.32 bits per heavy atom. The smallest absolute Gasteiger partial charge is 0.192 e. The molecule has 3 rings (SSSR count). The molecular weight excluding hydrogens is 243 g/mol. The third-order valence-corrected chi connectivity index (χ3v) is 3.41. The maximum absolute atomic E-state index is 13.7. The molecule has 1 aliphatic carbocycles. The highest BCUT2D eigenvalue weighted by Crippen LogP contribution is 2.29. The van der Waals surface area contributed by atoms with Gasteiger partial charge < -0.3 is 4.57 Å². The number of benzene rings is 1. The first-order chi connectivity index (χ1) is 9.20. The molecule has 0 saturated carbocycles. The van der Waals surface area contributed by atoms with Gasteiger partial charge in [0.05, 0.1) is 23.8 Å². The lowest BCUT2D eigenvalue weighted by Gasteiger charge is -2.01. The van der Waals surface area contributed by atoms with Gasteiger partial charge in [-0.1, -0.05) is 12.1 Å². The van der Waals surface area contributed by atoms with Crippen LogP contribution in [0.25, 0.3) is 6.08 Å². The van der Waals surface area contributed by atoms with Crippen LogP contribution in [-0.4, -0.2) is 15.3 Å². The minimum absolute atomic E-state index is 0.211. The number of Topliss-reactive ketones (excluding diaryl/α,β-unsaturated/α-hetero) is 1. The minimum atomic E-state index is -0.435. The predicted octanol–water partition coefficient (Wildman–Crippen LogP) is 2.86. The molecule has 0 atom stereocenters. The second-order valence-electron chi connectivity index (χ2n) is 4.55. The maximum atomic E-state index is 13.7. The maximum Gasteiger partial charge on any atom is 0.192 e. The van der Waals surface area contributed by atoms with E-state index in [1.807, 2.05) is 11.5 Å². The first kappa shape index (κ1) is 11.8. The molecule has 0 spiro atoms. The van der Waals surface area contributed by atoms with Crippen molar-refractivity contribution in [1.82, 2.24) is 9.55 Å². The highest BCUT2D eigenvalue weighted by Gasteiger charge is 2.27. The highest BCUT2D eigenvalue weighted by atomic mass is 19.1. The van der Waals surface area contributed by atoms with Crippen molar-refractivity contribution < 1.29 is 9.18 Å². The van der Waals surface area contributed by atoms with Crippen molar-refractivity contribution >= 4 is 11.9 Å². The van der Waals surface area contributed by atoms with Crippen LogP contribution in [0.1, 0.15) is 28.5 Å². The number of nitrogens with zero attached hydrogens (tertiary/aromatic N) is 2. The van der Waals surface area contributed by atoms with Gasteiger partial charge in [-0.3, -0.25) is 4.79 Å². The van der Waals surface area contributed by atoms with Gasteiger partial charge in [-0.2, -0.15) is 0 Å². The van der Waals surface area contributed by atoms with Gasteiger partial charge in [0.2, 0.25) is 0 Å². The summed E-state index contributed by atoms with van der Waals surface area (Å²) in [6, 6.07) is 4.77. The van der Waals surface area contributed by atoms with Gasteiger partial charge in [0, 0.05) is 18.5 Å². The largest absolute Gasteiger partial charge is 0.331 e. The van der Waals surface area contributed by atoms with Crippen LogP contribution in [0.2, 0.25) is 0 Å². The number of carbonyl (C=O) groups excluding carboxylic acids is 1. The van der Waals surface area contributed by atoms with E-state index in [2.05, 4.69) is 4.98 Å². The van der Waals surface area contributed by atoms with Crippen LogP contribution in [0.4, 0.5) is 4.39 Å². The highest BCUT2D eigenvalue weighted by molar-refractivity contribution is 6.15.